The van der Waals surface area contributed by atoms with Gasteiger partial charge in [-0.1, -0.05) is 25.1 Å². The fourth-order valence-corrected chi connectivity index (χ4v) is 4.28. The van der Waals surface area contributed by atoms with Crippen molar-refractivity contribution in [3.63, 3.8) is 0 Å². The van der Waals surface area contributed by atoms with E-state index in [4.69, 9.17) is 0 Å². The predicted molar refractivity (Wildman–Crippen MR) is 77.9 cm³/mol. The van der Waals surface area contributed by atoms with Gasteiger partial charge >= 0.3 is 0 Å². The van der Waals surface area contributed by atoms with Gasteiger partial charge in [0.1, 0.15) is 0 Å². The second-order valence-corrected chi connectivity index (χ2v) is 6.27. The van der Waals surface area contributed by atoms with Gasteiger partial charge < -0.3 is 5.11 Å². The van der Waals surface area contributed by atoms with Gasteiger partial charge in [-0.2, -0.15) is 5.26 Å². The number of fused-ring (bicyclic) bond motifs is 2. The van der Waals surface area contributed by atoms with Crippen molar-refractivity contribution in [2.75, 3.05) is 6.61 Å². The number of hydrogen-bond donors (Lipinski definition) is 1. The lowest BCUT2D eigenvalue weighted by Gasteiger charge is -2.35. The second-order valence-electron chi connectivity index (χ2n) is 6.27. The molecule has 2 bridgehead atoms. The first-order valence-electron chi connectivity index (χ1n) is 7.58. The van der Waals surface area contributed by atoms with Crippen molar-refractivity contribution < 1.29 is 5.11 Å². The third-order valence-corrected chi connectivity index (χ3v) is 5.50. The number of rotatable bonds is 4. The number of hydrogen-bond acceptors (Lipinski definition) is 3. The monoisotopic (exact) mass is 270 g/mol. The van der Waals surface area contributed by atoms with E-state index in [0.717, 1.165) is 30.5 Å². The zero-order chi connectivity index (χ0) is 14.2. The molecule has 20 heavy (non-hydrogen) atoms. The van der Waals surface area contributed by atoms with Gasteiger partial charge in [-0.25, -0.2) is 0 Å². The first-order valence-corrected chi connectivity index (χ1v) is 7.58. The van der Waals surface area contributed by atoms with Crippen LogP contribution in [0.3, 0.4) is 0 Å². The molecule has 3 atom stereocenters. The van der Waals surface area contributed by atoms with Crippen LogP contribution < -0.4 is 0 Å². The minimum Gasteiger partial charge on any atom is -0.396 e. The smallest absolute Gasteiger partial charge is 0.0995 e. The largest absolute Gasteiger partial charge is 0.396 e. The first-order chi connectivity index (χ1) is 9.74. The molecule has 1 aromatic carbocycles. The molecule has 0 aliphatic carbocycles. The predicted octanol–water partition coefficient (Wildman–Crippen LogP) is 2.68. The third-order valence-electron chi connectivity index (χ3n) is 5.50. The Morgan fingerprint density at radius 1 is 1.40 bits per heavy atom. The molecule has 0 amide bonds. The summed E-state index contributed by atoms with van der Waals surface area (Å²) in [5, 5.41) is 19.1. The minimum absolute atomic E-state index is 0.0878. The van der Waals surface area contributed by atoms with Gasteiger partial charge in [0, 0.05) is 24.0 Å². The maximum absolute atomic E-state index is 9.84. The van der Waals surface area contributed by atoms with Crippen molar-refractivity contribution in [3.8, 4) is 6.07 Å². The van der Waals surface area contributed by atoms with Gasteiger partial charge in [0.2, 0.25) is 0 Å². The van der Waals surface area contributed by atoms with Crippen molar-refractivity contribution in [1.29, 1.82) is 5.26 Å². The van der Waals surface area contributed by atoms with Gasteiger partial charge in [0.25, 0.3) is 0 Å². The van der Waals surface area contributed by atoms with Gasteiger partial charge in [-0.3, -0.25) is 4.90 Å². The summed E-state index contributed by atoms with van der Waals surface area (Å²) >= 11 is 0. The Morgan fingerprint density at radius 3 is 2.85 bits per heavy atom. The van der Waals surface area contributed by atoms with Crippen LogP contribution in [0, 0.1) is 16.7 Å². The Balaban J connectivity index is 1.84. The average Bonchev–Trinajstić information content (AvgIpc) is 3.03. The molecule has 2 aliphatic heterocycles. The standard InChI is InChI=1S/C17H22N2O/c1-2-17(12-20)9-15-7-8-16(17)19(15)11-14-6-4-3-5-13(14)10-18/h3-6,15-16,20H,2,7-9,11-12H2,1H3/t15-,16+,17-/m1/s1. The van der Waals surface area contributed by atoms with E-state index in [-0.39, 0.29) is 5.41 Å². The van der Waals surface area contributed by atoms with Crippen molar-refractivity contribution in [2.24, 2.45) is 5.41 Å². The minimum atomic E-state index is 0.0878. The first kappa shape index (κ1) is 13.6. The molecule has 0 saturated carbocycles. The number of nitrogens with zero attached hydrogens (tertiary/aromatic N) is 2. The molecule has 0 spiro atoms. The summed E-state index contributed by atoms with van der Waals surface area (Å²) < 4.78 is 0. The molecule has 2 fully saturated rings. The van der Waals surface area contributed by atoms with E-state index < -0.39 is 0 Å². The molecule has 3 nitrogen and oxygen atoms in total. The fraction of sp³-hybridized carbons (Fsp3) is 0.588. The zero-order valence-electron chi connectivity index (χ0n) is 12.0. The third kappa shape index (κ3) is 1.95. The summed E-state index contributed by atoms with van der Waals surface area (Å²) in [6.45, 7) is 3.33. The molecule has 2 saturated heterocycles. The summed E-state index contributed by atoms with van der Waals surface area (Å²) in [5.74, 6) is 0. The Hall–Kier alpha value is -1.37. The van der Waals surface area contributed by atoms with E-state index in [1.54, 1.807) is 0 Å². The van der Waals surface area contributed by atoms with Crippen LogP contribution in [0.4, 0.5) is 0 Å². The molecule has 106 valence electrons. The van der Waals surface area contributed by atoms with E-state index in [0.29, 0.717) is 18.7 Å². The highest BCUT2D eigenvalue weighted by Crippen LogP contribution is 2.51. The number of aliphatic hydroxyl groups excluding tert-OH is 1. The fourth-order valence-electron chi connectivity index (χ4n) is 4.28. The summed E-state index contributed by atoms with van der Waals surface area (Å²) in [4.78, 5) is 2.54. The van der Waals surface area contributed by atoms with Crippen LogP contribution in [0.1, 0.15) is 43.7 Å². The van der Waals surface area contributed by atoms with Crippen LogP contribution in [0.15, 0.2) is 24.3 Å². The van der Waals surface area contributed by atoms with Crippen LogP contribution in [0.2, 0.25) is 0 Å². The molecule has 2 heterocycles. The van der Waals surface area contributed by atoms with Crippen LogP contribution in [-0.2, 0) is 6.54 Å². The van der Waals surface area contributed by atoms with E-state index in [9.17, 15) is 10.4 Å². The second kappa shape index (κ2) is 5.20. The molecule has 3 rings (SSSR count). The lowest BCUT2D eigenvalue weighted by Crippen LogP contribution is -2.39. The molecule has 0 radical (unpaired) electrons. The van der Waals surface area contributed by atoms with Crippen LogP contribution >= 0.6 is 0 Å². The maximum Gasteiger partial charge on any atom is 0.0995 e. The van der Waals surface area contributed by atoms with Crippen molar-refractivity contribution in [2.45, 2.75) is 51.2 Å². The summed E-state index contributed by atoms with van der Waals surface area (Å²) in [7, 11) is 0. The maximum atomic E-state index is 9.84. The van der Waals surface area contributed by atoms with E-state index in [1.165, 1.54) is 12.8 Å². The summed E-state index contributed by atoms with van der Waals surface area (Å²) in [6, 6.07) is 11.2. The van der Waals surface area contributed by atoms with Crippen molar-refractivity contribution >= 4 is 0 Å². The Morgan fingerprint density at radius 2 is 2.20 bits per heavy atom. The highest BCUT2D eigenvalue weighted by Gasteiger charge is 2.54. The van der Waals surface area contributed by atoms with Gasteiger partial charge in [0.05, 0.1) is 18.2 Å². The lowest BCUT2D eigenvalue weighted by atomic mass is 9.72. The Labute approximate surface area is 120 Å². The lowest BCUT2D eigenvalue weighted by molar-refractivity contribution is 0.0713. The van der Waals surface area contributed by atoms with Crippen LogP contribution in [0.5, 0.6) is 0 Å². The molecule has 1 N–H and O–H groups in total. The van der Waals surface area contributed by atoms with Gasteiger partial charge in [-0.15, -0.1) is 0 Å². The van der Waals surface area contributed by atoms with Gasteiger partial charge in [0.15, 0.2) is 0 Å². The highest BCUT2D eigenvalue weighted by atomic mass is 16.3. The molecule has 0 unspecified atom stereocenters. The summed E-state index contributed by atoms with van der Waals surface area (Å²) in [6.07, 6.45) is 4.58. The van der Waals surface area contributed by atoms with E-state index in [1.807, 2.05) is 18.2 Å². The van der Waals surface area contributed by atoms with Gasteiger partial charge in [-0.05, 0) is 37.3 Å². The molecule has 2 aliphatic rings. The zero-order valence-corrected chi connectivity index (χ0v) is 12.0. The molecule has 3 heteroatoms. The summed E-state index contributed by atoms with van der Waals surface area (Å²) in [5.41, 5.74) is 1.99. The molecular formula is C17H22N2O. The van der Waals surface area contributed by atoms with E-state index in [2.05, 4.69) is 24.0 Å². The quantitative estimate of drug-likeness (QED) is 0.915. The number of nitriles is 1. The van der Waals surface area contributed by atoms with E-state index >= 15 is 0 Å². The highest BCUT2D eigenvalue weighted by molar-refractivity contribution is 5.37. The molecular weight excluding hydrogens is 248 g/mol. The topological polar surface area (TPSA) is 47.3 Å². The number of aliphatic hydroxyl groups is 1. The average molecular weight is 270 g/mol. The van der Waals surface area contributed by atoms with Crippen molar-refractivity contribution in [3.05, 3.63) is 35.4 Å². The van der Waals surface area contributed by atoms with Crippen molar-refractivity contribution in [1.82, 2.24) is 4.90 Å². The SMILES string of the molecule is CC[C@]1(CO)C[C@H]2CC[C@@H]1N2Cc1ccccc1C#N. The molecule has 0 aromatic heterocycles. The normalized spacial score (nSPS) is 32.5. The Bertz CT molecular complexity index is 530. The number of benzene rings is 1. The van der Waals surface area contributed by atoms with Crippen LogP contribution in [-0.4, -0.2) is 28.7 Å². The molecule has 1 aromatic rings. The van der Waals surface area contributed by atoms with Crippen LogP contribution in [0.25, 0.3) is 0 Å². The Kier molecular flexibility index (Phi) is 3.54.